The third-order valence-corrected chi connectivity index (χ3v) is 11.6. The number of fused-ring (bicyclic) bond motifs is 6. The first kappa shape index (κ1) is 33.8. The first-order chi connectivity index (χ1) is 28.5. The topological polar surface area (TPSA) is 64.7 Å². The van der Waals surface area contributed by atoms with Crippen LogP contribution in [0, 0.1) is 0 Å². The van der Waals surface area contributed by atoms with Crippen molar-refractivity contribution in [1.29, 1.82) is 0 Å². The SMILES string of the molecule is CC1(C)c2ccccc2-c2cc(-c3nc(-c4ccccc4)nc(-c4cccc(-c5cccc6ccc7nc(-c8ccc(-c9ccccc9)cc8)oc7c56)c4)n3)ccc21. The summed E-state index contributed by atoms with van der Waals surface area (Å²) >= 11 is 0. The lowest BCUT2D eigenvalue weighted by Gasteiger charge is -2.21. The van der Waals surface area contributed by atoms with Crippen molar-refractivity contribution in [2.45, 2.75) is 19.3 Å². The molecule has 0 radical (unpaired) electrons. The third-order valence-electron chi connectivity index (χ3n) is 11.6. The zero-order chi connectivity index (χ0) is 38.8. The normalized spacial score (nSPS) is 12.8. The molecule has 2 aromatic heterocycles. The summed E-state index contributed by atoms with van der Waals surface area (Å²) in [5.41, 5.74) is 14.7. The average Bonchev–Trinajstić information content (AvgIpc) is 3.83. The van der Waals surface area contributed by atoms with Crippen LogP contribution in [0.1, 0.15) is 25.0 Å². The highest BCUT2D eigenvalue weighted by atomic mass is 16.3. The molecule has 8 aromatic carbocycles. The molecule has 0 fully saturated rings. The quantitative estimate of drug-likeness (QED) is 0.170. The van der Waals surface area contributed by atoms with Gasteiger partial charge in [0.15, 0.2) is 23.1 Å². The van der Waals surface area contributed by atoms with E-state index >= 15 is 0 Å². The Kier molecular flexibility index (Phi) is 7.76. The van der Waals surface area contributed by atoms with Crippen LogP contribution in [0.2, 0.25) is 0 Å². The molecular formula is C53H36N4O. The molecule has 0 spiro atoms. The van der Waals surface area contributed by atoms with E-state index in [4.69, 9.17) is 24.4 Å². The van der Waals surface area contributed by atoms with Crippen LogP contribution in [0.4, 0.5) is 0 Å². The molecule has 10 aromatic rings. The van der Waals surface area contributed by atoms with Crippen LogP contribution >= 0.6 is 0 Å². The van der Waals surface area contributed by atoms with Gasteiger partial charge in [0.1, 0.15) is 5.52 Å². The minimum atomic E-state index is -0.0844. The second-order valence-electron chi connectivity index (χ2n) is 15.5. The van der Waals surface area contributed by atoms with Crippen LogP contribution in [-0.2, 0) is 5.41 Å². The van der Waals surface area contributed by atoms with Crippen LogP contribution in [0.25, 0.3) is 101 Å². The van der Waals surface area contributed by atoms with Crippen LogP contribution in [-0.4, -0.2) is 19.9 Å². The van der Waals surface area contributed by atoms with Crippen molar-refractivity contribution in [3.8, 4) is 79.0 Å². The molecule has 0 N–H and O–H groups in total. The highest BCUT2D eigenvalue weighted by Gasteiger charge is 2.35. The summed E-state index contributed by atoms with van der Waals surface area (Å²) in [4.78, 5) is 20.3. The van der Waals surface area contributed by atoms with E-state index in [0.717, 1.165) is 60.8 Å². The van der Waals surface area contributed by atoms with Gasteiger partial charge in [0.25, 0.3) is 0 Å². The van der Waals surface area contributed by atoms with Crippen molar-refractivity contribution in [3.63, 3.8) is 0 Å². The number of aromatic nitrogens is 4. The van der Waals surface area contributed by atoms with Gasteiger partial charge in [0.05, 0.1) is 0 Å². The summed E-state index contributed by atoms with van der Waals surface area (Å²) in [6.45, 7) is 4.60. The fourth-order valence-electron chi connectivity index (χ4n) is 8.59. The van der Waals surface area contributed by atoms with Gasteiger partial charge >= 0.3 is 0 Å². The van der Waals surface area contributed by atoms with E-state index in [1.807, 2.05) is 42.5 Å². The smallest absolute Gasteiger partial charge is 0.227 e. The van der Waals surface area contributed by atoms with E-state index in [2.05, 4.69) is 153 Å². The number of hydrogen-bond acceptors (Lipinski definition) is 5. The van der Waals surface area contributed by atoms with E-state index in [-0.39, 0.29) is 5.41 Å². The van der Waals surface area contributed by atoms with Crippen molar-refractivity contribution < 1.29 is 4.42 Å². The molecule has 0 amide bonds. The number of benzene rings is 8. The molecule has 58 heavy (non-hydrogen) atoms. The summed E-state index contributed by atoms with van der Waals surface area (Å²) in [5, 5.41) is 2.09. The first-order valence-electron chi connectivity index (χ1n) is 19.6. The second-order valence-corrected chi connectivity index (χ2v) is 15.5. The molecule has 0 aliphatic heterocycles. The molecule has 11 rings (SSSR count). The lowest BCUT2D eigenvalue weighted by molar-refractivity contribution is 0.623. The predicted molar refractivity (Wildman–Crippen MR) is 235 cm³/mol. The molecule has 5 nitrogen and oxygen atoms in total. The Morgan fingerprint density at radius 1 is 0.379 bits per heavy atom. The maximum Gasteiger partial charge on any atom is 0.227 e. The van der Waals surface area contributed by atoms with Crippen molar-refractivity contribution in [3.05, 3.63) is 193 Å². The van der Waals surface area contributed by atoms with Gasteiger partial charge in [-0.3, -0.25) is 0 Å². The van der Waals surface area contributed by atoms with Crippen molar-refractivity contribution in [2.75, 3.05) is 0 Å². The maximum absolute atomic E-state index is 6.64. The standard InChI is InChI=1S/C53H36N4O/c1-53(2)44-22-10-9-20-42(44)43-32-40(27-29-45(43)53)51-56-49(36-15-7-4-8-16-36)55-50(57-51)39-19-11-18-38(31-39)41-21-12-17-35-28-30-46-48(47(35)41)58-52(54-46)37-25-23-34(24-26-37)33-13-5-3-6-14-33/h3-32H,1-2H3. The van der Waals surface area contributed by atoms with Crippen molar-refractivity contribution in [2.24, 2.45) is 0 Å². The summed E-state index contributed by atoms with van der Waals surface area (Å²) in [6, 6.07) is 63.2. The van der Waals surface area contributed by atoms with E-state index in [0.29, 0.717) is 23.4 Å². The van der Waals surface area contributed by atoms with Gasteiger partial charge in [-0.1, -0.05) is 166 Å². The van der Waals surface area contributed by atoms with Crippen LogP contribution < -0.4 is 0 Å². The minimum absolute atomic E-state index is 0.0844. The second kappa shape index (κ2) is 13.3. The molecule has 0 bridgehead atoms. The molecule has 274 valence electrons. The largest absolute Gasteiger partial charge is 0.435 e. The van der Waals surface area contributed by atoms with E-state index in [9.17, 15) is 0 Å². The Labute approximate surface area is 336 Å². The van der Waals surface area contributed by atoms with Gasteiger partial charge in [-0.05, 0) is 80.2 Å². The number of hydrogen-bond donors (Lipinski definition) is 0. The molecule has 0 saturated heterocycles. The zero-order valence-electron chi connectivity index (χ0n) is 32.0. The van der Waals surface area contributed by atoms with E-state index in [1.54, 1.807) is 0 Å². The number of oxazole rings is 1. The summed E-state index contributed by atoms with van der Waals surface area (Å²) in [6.07, 6.45) is 0. The van der Waals surface area contributed by atoms with Crippen LogP contribution in [0.15, 0.2) is 186 Å². The van der Waals surface area contributed by atoms with E-state index < -0.39 is 0 Å². The minimum Gasteiger partial charge on any atom is -0.435 e. The summed E-state index contributed by atoms with van der Waals surface area (Å²) < 4.78 is 6.64. The predicted octanol–water partition coefficient (Wildman–Crippen LogP) is 13.5. The van der Waals surface area contributed by atoms with Gasteiger partial charge in [0, 0.05) is 33.1 Å². The van der Waals surface area contributed by atoms with Gasteiger partial charge < -0.3 is 4.42 Å². The monoisotopic (exact) mass is 744 g/mol. The average molecular weight is 745 g/mol. The van der Waals surface area contributed by atoms with Crippen molar-refractivity contribution in [1.82, 2.24) is 19.9 Å². The van der Waals surface area contributed by atoms with Gasteiger partial charge in [-0.15, -0.1) is 0 Å². The van der Waals surface area contributed by atoms with Gasteiger partial charge in [0.2, 0.25) is 5.89 Å². The highest BCUT2D eigenvalue weighted by Crippen LogP contribution is 2.49. The van der Waals surface area contributed by atoms with Gasteiger partial charge in [-0.25, -0.2) is 19.9 Å². The molecule has 0 unspecified atom stereocenters. The zero-order valence-corrected chi connectivity index (χ0v) is 32.0. The fourth-order valence-corrected chi connectivity index (χ4v) is 8.59. The molecule has 0 saturated carbocycles. The number of nitrogens with zero attached hydrogens (tertiary/aromatic N) is 4. The summed E-state index contributed by atoms with van der Waals surface area (Å²) in [5.74, 6) is 2.47. The highest BCUT2D eigenvalue weighted by molar-refractivity contribution is 6.11. The Bertz CT molecular complexity index is 3190. The fraction of sp³-hybridized carbons (Fsp3) is 0.0566. The van der Waals surface area contributed by atoms with Crippen molar-refractivity contribution >= 4 is 21.9 Å². The molecule has 5 heteroatoms. The Morgan fingerprint density at radius 2 is 0.931 bits per heavy atom. The Hall–Kier alpha value is -7.50. The summed E-state index contributed by atoms with van der Waals surface area (Å²) in [7, 11) is 0. The Balaban J connectivity index is 1.02. The first-order valence-corrected chi connectivity index (χ1v) is 19.6. The molecule has 2 heterocycles. The molecular weight excluding hydrogens is 709 g/mol. The molecule has 1 aliphatic rings. The molecule has 1 aliphatic carbocycles. The van der Waals surface area contributed by atoms with Gasteiger partial charge in [-0.2, -0.15) is 0 Å². The lowest BCUT2D eigenvalue weighted by atomic mass is 9.82. The Morgan fingerprint density at radius 3 is 1.71 bits per heavy atom. The van der Waals surface area contributed by atoms with Crippen LogP contribution in [0.5, 0.6) is 0 Å². The van der Waals surface area contributed by atoms with Crippen LogP contribution in [0.3, 0.4) is 0 Å². The lowest BCUT2D eigenvalue weighted by Crippen LogP contribution is -2.14. The number of rotatable bonds is 6. The maximum atomic E-state index is 6.64. The van der Waals surface area contributed by atoms with E-state index in [1.165, 1.54) is 27.8 Å². The third kappa shape index (κ3) is 5.62. The molecule has 0 atom stereocenters.